The molecule has 0 saturated carbocycles. The third-order valence-corrected chi connectivity index (χ3v) is 2.24. The molecule has 1 rings (SSSR count). The summed E-state index contributed by atoms with van der Waals surface area (Å²) in [5.41, 5.74) is -0.341. The summed E-state index contributed by atoms with van der Waals surface area (Å²) in [5.74, 6) is -0.732. The van der Waals surface area contributed by atoms with E-state index >= 15 is 0 Å². The number of esters is 1. The number of rotatable bonds is 2. The van der Waals surface area contributed by atoms with Gasteiger partial charge in [-0.1, -0.05) is 6.07 Å². The van der Waals surface area contributed by atoms with Crippen LogP contribution in [0.1, 0.15) is 10.4 Å². The summed E-state index contributed by atoms with van der Waals surface area (Å²) in [7, 11) is 1.17. The average Bonchev–Trinajstić information content (AvgIpc) is 2.16. The summed E-state index contributed by atoms with van der Waals surface area (Å²) in [6, 6.07) is 4.27. The maximum Gasteiger partial charge on any atom is 0.346 e. The van der Waals surface area contributed by atoms with Gasteiger partial charge in [-0.25, -0.2) is 4.79 Å². The number of carbonyl (C=O) groups excluding carboxylic acids is 1. The van der Waals surface area contributed by atoms with E-state index in [-0.39, 0.29) is 11.3 Å². The molecule has 6 heteroatoms. The fourth-order valence-electron chi connectivity index (χ4n) is 0.969. The summed E-state index contributed by atoms with van der Waals surface area (Å²) in [4.78, 5) is 21.1. The zero-order valence-corrected chi connectivity index (χ0v) is 8.78. The minimum atomic E-state index is -0.732. The molecule has 0 amide bonds. The monoisotopic (exact) mass is 259 g/mol. The van der Waals surface area contributed by atoms with Gasteiger partial charge in [0.2, 0.25) is 0 Å². The summed E-state index contributed by atoms with van der Waals surface area (Å²) in [5, 5.41) is 10.6. The van der Waals surface area contributed by atoms with E-state index in [1.807, 2.05) is 0 Å². The van der Waals surface area contributed by atoms with Crippen LogP contribution in [-0.2, 0) is 4.74 Å². The van der Waals surface area contributed by atoms with Crippen LogP contribution >= 0.6 is 15.9 Å². The normalized spacial score (nSPS) is 9.57. The number of hydrogen-bond acceptors (Lipinski definition) is 4. The van der Waals surface area contributed by atoms with Crippen molar-refractivity contribution in [3.05, 3.63) is 38.3 Å². The minimum Gasteiger partial charge on any atom is -0.465 e. The number of nitro benzene ring substituents is 1. The first kappa shape index (κ1) is 10.6. The van der Waals surface area contributed by atoms with Gasteiger partial charge in [0.15, 0.2) is 5.56 Å². The molecule has 14 heavy (non-hydrogen) atoms. The van der Waals surface area contributed by atoms with Gasteiger partial charge in [0.1, 0.15) is 0 Å². The third-order valence-electron chi connectivity index (χ3n) is 1.58. The number of carbonyl (C=O) groups is 1. The van der Waals surface area contributed by atoms with E-state index in [0.717, 1.165) is 0 Å². The van der Waals surface area contributed by atoms with Gasteiger partial charge < -0.3 is 4.74 Å². The largest absolute Gasteiger partial charge is 0.465 e. The topological polar surface area (TPSA) is 69.4 Å². The molecule has 0 aromatic heterocycles. The molecule has 0 bridgehead atoms. The van der Waals surface area contributed by atoms with Crippen LogP contribution < -0.4 is 0 Å². The lowest BCUT2D eigenvalue weighted by atomic mass is 10.2. The standard InChI is InChI=1S/C8H6BrNO4/c1-14-8(11)7-5(9)3-2-4-6(7)10(12)13/h2-4H,1H3. The number of nitro groups is 1. The molecule has 0 unspecified atom stereocenters. The van der Waals surface area contributed by atoms with Gasteiger partial charge in [-0.15, -0.1) is 0 Å². The van der Waals surface area contributed by atoms with Crippen LogP contribution in [0.4, 0.5) is 5.69 Å². The van der Waals surface area contributed by atoms with E-state index in [1.54, 1.807) is 6.07 Å². The minimum absolute atomic E-state index is 0.0694. The second-order valence-electron chi connectivity index (χ2n) is 2.38. The van der Waals surface area contributed by atoms with Gasteiger partial charge in [0, 0.05) is 10.5 Å². The molecule has 0 aliphatic carbocycles. The van der Waals surface area contributed by atoms with Crippen molar-refractivity contribution in [2.45, 2.75) is 0 Å². The zero-order valence-electron chi connectivity index (χ0n) is 7.19. The van der Waals surface area contributed by atoms with Gasteiger partial charge in [-0.3, -0.25) is 10.1 Å². The number of benzene rings is 1. The zero-order chi connectivity index (χ0) is 10.7. The molecule has 0 heterocycles. The Kier molecular flexibility index (Phi) is 3.19. The molecule has 5 nitrogen and oxygen atoms in total. The maximum atomic E-state index is 11.2. The highest BCUT2D eigenvalue weighted by atomic mass is 79.9. The van der Waals surface area contributed by atoms with Gasteiger partial charge in [-0.2, -0.15) is 0 Å². The lowest BCUT2D eigenvalue weighted by molar-refractivity contribution is -0.385. The molecule has 1 aromatic rings. The van der Waals surface area contributed by atoms with Crippen molar-refractivity contribution < 1.29 is 14.5 Å². The number of hydrogen-bond donors (Lipinski definition) is 0. The molecule has 0 saturated heterocycles. The van der Waals surface area contributed by atoms with Crippen LogP contribution in [0.15, 0.2) is 22.7 Å². The fraction of sp³-hybridized carbons (Fsp3) is 0.125. The Labute approximate surface area is 88.0 Å². The molecule has 0 fully saturated rings. The highest BCUT2D eigenvalue weighted by Gasteiger charge is 2.23. The van der Waals surface area contributed by atoms with E-state index in [1.165, 1.54) is 19.2 Å². The van der Waals surface area contributed by atoms with Crippen molar-refractivity contribution in [1.29, 1.82) is 0 Å². The van der Waals surface area contributed by atoms with Crippen molar-refractivity contribution in [3.8, 4) is 0 Å². The smallest absolute Gasteiger partial charge is 0.346 e. The first-order valence-corrected chi connectivity index (χ1v) is 4.38. The Balaban J connectivity index is 3.36. The highest BCUT2D eigenvalue weighted by molar-refractivity contribution is 9.10. The van der Waals surface area contributed by atoms with Crippen LogP contribution in [0.5, 0.6) is 0 Å². The van der Waals surface area contributed by atoms with Crippen LogP contribution in [0.25, 0.3) is 0 Å². The van der Waals surface area contributed by atoms with E-state index in [2.05, 4.69) is 20.7 Å². The predicted molar refractivity (Wildman–Crippen MR) is 52.1 cm³/mol. The molecule has 0 N–H and O–H groups in total. The summed E-state index contributed by atoms with van der Waals surface area (Å²) in [6.45, 7) is 0. The second kappa shape index (κ2) is 4.19. The Bertz CT molecular complexity index is 391. The Morgan fingerprint density at radius 3 is 2.71 bits per heavy atom. The summed E-state index contributed by atoms with van der Waals surface area (Å²) >= 11 is 3.05. The molecular formula is C8H6BrNO4. The van der Waals surface area contributed by atoms with E-state index < -0.39 is 10.9 Å². The number of nitrogens with zero attached hydrogens (tertiary/aromatic N) is 1. The first-order valence-electron chi connectivity index (χ1n) is 3.59. The number of methoxy groups -OCH3 is 1. The van der Waals surface area contributed by atoms with Crippen molar-refractivity contribution >= 4 is 27.6 Å². The van der Waals surface area contributed by atoms with Crippen molar-refractivity contribution in [1.82, 2.24) is 0 Å². The van der Waals surface area contributed by atoms with Crippen LogP contribution in [0.2, 0.25) is 0 Å². The molecule has 0 aliphatic rings. The maximum absolute atomic E-state index is 11.2. The van der Waals surface area contributed by atoms with Crippen LogP contribution in [-0.4, -0.2) is 18.0 Å². The lowest BCUT2D eigenvalue weighted by Gasteiger charge is -2.02. The van der Waals surface area contributed by atoms with E-state index in [0.29, 0.717) is 4.47 Å². The molecule has 0 radical (unpaired) electrons. The van der Waals surface area contributed by atoms with Crippen molar-refractivity contribution in [3.63, 3.8) is 0 Å². The fourth-order valence-corrected chi connectivity index (χ4v) is 1.49. The van der Waals surface area contributed by atoms with Crippen LogP contribution in [0, 0.1) is 10.1 Å². The van der Waals surface area contributed by atoms with Gasteiger partial charge >= 0.3 is 5.97 Å². The molecule has 1 aromatic carbocycles. The highest BCUT2D eigenvalue weighted by Crippen LogP contribution is 2.26. The quantitative estimate of drug-likeness (QED) is 0.464. The summed E-state index contributed by atoms with van der Waals surface area (Å²) in [6.07, 6.45) is 0. The Morgan fingerprint density at radius 1 is 1.57 bits per heavy atom. The Hall–Kier alpha value is -1.43. The molecule has 0 aliphatic heterocycles. The van der Waals surface area contributed by atoms with Gasteiger partial charge in [0.05, 0.1) is 12.0 Å². The molecular weight excluding hydrogens is 254 g/mol. The predicted octanol–water partition coefficient (Wildman–Crippen LogP) is 2.14. The average molecular weight is 260 g/mol. The van der Waals surface area contributed by atoms with E-state index in [4.69, 9.17) is 0 Å². The van der Waals surface area contributed by atoms with Crippen molar-refractivity contribution in [2.24, 2.45) is 0 Å². The van der Waals surface area contributed by atoms with Gasteiger partial charge in [0.25, 0.3) is 5.69 Å². The first-order chi connectivity index (χ1) is 6.57. The SMILES string of the molecule is COC(=O)c1c(Br)cccc1[N+](=O)[O-]. The number of halogens is 1. The lowest BCUT2D eigenvalue weighted by Crippen LogP contribution is -2.06. The van der Waals surface area contributed by atoms with Gasteiger partial charge in [-0.05, 0) is 22.0 Å². The van der Waals surface area contributed by atoms with E-state index in [9.17, 15) is 14.9 Å². The molecule has 74 valence electrons. The third kappa shape index (κ3) is 1.90. The Morgan fingerprint density at radius 2 is 2.21 bits per heavy atom. The molecule has 0 spiro atoms. The summed E-state index contributed by atoms with van der Waals surface area (Å²) < 4.78 is 4.78. The second-order valence-corrected chi connectivity index (χ2v) is 3.24. The van der Waals surface area contributed by atoms with Crippen LogP contribution in [0.3, 0.4) is 0 Å². The number of ether oxygens (including phenoxy) is 1. The molecule has 0 atom stereocenters. The van der Waals surface area contributed by atoms with Crippen molar-refractivity contribution in [2.75, 3.05) is 7.11 Å².